The lowest BCUT2D eigenvalue weighted by Gasteiger charge is -1.99. The summed E-state index contributed by atoms with van der Waals surface area (Å²) in [6.45, 7) is 9.77. The molecule has 2 rings (SSSR count). The second-order valence-corrected chi connectivity index (χ2v) is 4.32. The first kappa shape index (κ1) is 19.7. The van der Waals surface area contributed by atoms with Crippen LogP contribution in [0.2, 0.25) is 0 Å². The molecule has 0 amide bonds. The lowest BCUT2D eigenvalue weighted by Crippen LogP contribution is -2.28. The quantitative estimate of drug-likeness (QED) is 0.909. The van der Waals surface area contributed by atoms with Crippen molar-refractivity contribution in [2.75, 3.05) is 6.54 Å². The number of hydrogen-bond acceptors (Lipinski definition) is 4. The van der Waals surface area contributed by atoms with E-state index >= 15 is 0 Å². The lowest BCUT2D eigenvalue weighted by molar-refractivity contribution is 0.660. The summed E-state index contributed by atoms with van der Waals surface area (Å²) in [6, 6.07) is 11.7. The summed E-state index contributed by atoms with van der Waals surface area (Å²) >= 11 is 0. The van der Waals surface area contributed by atoms with Crippen molar-refractivity contribution in [3.63, 3.8) is 0 Å². The molecule has 118 valence electrons. The van der Waals surface area contributed by atoms with Gasteiger partial charge in [0.2, 0.25) is 0 Å². The van der Waals surface area contributed by atoms with Crippen LogP contribution in [0.15, 0.2) is 61.9 Å². The van der Waals surface area contributed by atoms with Gasteiger partial charge in [-0.05, 0) is 42.8 Å². The van der Waals surface area contributed by atoms with Gasteiger partial charge in [-0.3, -0.25) is 9.97 Å². The van der Waals surface area contributed by atoms with Gasteiger partial charge in [0.05, 0.1) is 11.4 Å². The molecule has 2 heterocycles. The zero-order chi connectivity index (χ0) is 16.6. The average Bonchev–Trinajstić information content (AvgIpc) is 2.63. The molecular formula is C18H26N4. The Labute approximate surface area is 133 Å². The highest BCUT2D eigenvalue weighted by molar-refractivity contribution is 5.40. The second-order valence-electron chi connectivity index (χ2n) is 4.32. The van der Waals surface area contributed by atoms with E-state index in [4.69, 9.17) is 11.5 Å². The van der Waals surface area contributed by atoms with E-state index < -0.39 is 0 Å². The fraction of sp³-hybridized carbons (Fsp3) is 0.222. The maximum Gasteiger partial charge on any atom is 0.0623 e. The molecule has 1 atom stereocenters. The molecule has 2 aromatic rings. The molecule has 0 fully saturated rings. The number of nitrogens with two attached hydrogens (primary N) is 2. The largest absolute Gasteiger partial charge is 0.329 e. The molecule has 22 heavy (non-hydrogen) atoms. The molecule has 0 bridgehead atoms. The Balaban J connectivity index is 0.000000306. The molecule has 0 radical (unpaired) electrons. The van der Waals surface area contributed by atoms with Crippen molar-refractivity contribution in [2.45, 2.75) is 19.4 Å². The van der Waals surface area contributed by atoms with Crippen LogP contribution in [0, 0.1) is 0 Å². The molecular weight excluding hydrogens is 272 g/mol. The minimum atomic E-state index is 0.213. The van der Waals surface area contributed by atoms with Crippen LogP contribution in [-0.4, -0.2) is 22.6 Å². The van der Waals surface area contributed by atoms with Crippen LogP contribution in [0.4, 0.5) is 0 Å². The first-order valence-electron chi connectivity index (χ1n) is 7.20. The van der Waals surface area contributed by atoms with Crippen LogP contribution < -0.4 is 11.5 Å². The van der Waals surface area contributed by atoms with Crippen molar-refractivity contribution >= 4 is 12.2 Å². The summed E-state index contributed by atoms with van der Waals surface area (Å²) in [7, 11) is 0. The number of aromatic nitrogens is 2. The van der Waals surface area contributed by atoms with E-state index in [0.29, 0.717) is 6.54 Å². The van der Waals surface area contributed by atoms with E-state index in [-0.39, 0.29) is 6.04 Å². The van der Waals surface area contributed by atoms with Crippen LogP contribution >= 0.6 is 0 Å². The Morgan fingerprint density at radius 1 is 1.00 bits per heavy atom. The van der Waals surface area contributed by atoms with Gasteiger partial charge in [-0.25, -0.2) is 0 Å². The van der Waals surface area contributed by atoms with E-state index in [0.717, 1.165) is 17.8 Å². The number of pyridine rings is 2. The molecule has 4 heteroatoms. The zero-order valence-corrected chi connectivity index (χ0v) is 13.2. The summed E-state index contributed by atoms with van der Waals surface area (Å²) in [5.74, 6) is 0. The molecule has 0 aliphatic carbocycles. The van der Waals surface area contributed by atoms with Gasteiger partial charge in [-0.15, -0.1) is 0 Å². The van der Waals surface area contributed by atoms with E-state index in [1.807, 2.05) is 43.3 Å². The van der Waals surface area contributed by atoms with Crippen molar-refractivity contribution in [3.05, 3.63) is 73.3 Å². The predicted octanol–water partition coefficient (Wildman–Crippen LogP) is 3.13. The third-order valence-corrected chi connectivity index (χ3v) is 2.62. The average molecular weight is 298 g/mol. The third kappa shape index (κ3) is 10.5. The normalized spacial score (nSPS) is 10.1. The summed E-state index contributed by atoms with van der Waals surface area (Å²) in [6.07, 6.45) is 7.92. The standard InChI is InChI=1S/2C7H7N.C4H12N2/c2*1-2-7-5-3-4-6-8-7;1-2-4(6)3-5/h2*2-6H,1H2;4H,2-3,5-6H2,1H3. The molecule has 0 aliphatic heterocycles. The topological polar surface area (TPSA) is 77.8 Å². The highest BCUT2D eigenvalue weighted by Gasteiger charge is 1.89. The molecule has 0 spiro atoms. The van der Waals surface area contributed by atoms with E-state index in [1.54, 1.807) is 24.5 Å². The van der Waals surface area contributed by atoms with Gasteiger partial charge in [-0.1, -0.05) is 32.2 Å². The summed E-state index contributed by atoms with van der Waals surface area (Å²) in [4.78, 5) is 7.96. The number of hydrogen-bond donors (Lipinski definition) is 2. The molecule has 0 saturated carbocycles. The van der Waals surface area contributed by atoms with Gasteiger partial charge < -0.3 is 11.5 Å². The fourth-order valence-electron chi connectivity index (χ4n) is 1.16. The lowest BCUT2D eigenvalue weighted by atomic mass is 10.2. The molecule has 0 aliphatic rings. The van der Waals surface area contributed by atoms with Gasteiger partial charge in [-0.2, -0.15) is 0 Å². The smallest absolute Gasteiger partial charge is 0.0623 e. The molecule has 0 aromatic carbocycles. The summed E-state index contributed by atoms with van der Waals surface area (Å²) in [5.41, 5.74) is 12.4. The molecule has 2 aromatic heterocycles. The minimum Gasteiger partial charge on any atom is -0.329 e. The van der Waals surface area contributed by atoms with Crippen molar-refractivity contribution in [2.24, 2.45) is 11.5 Å². The van der Waals surface area contributed by atoms with Crippen LogP contribution in [-0.2, 0) is 0 Å². The maximum absolute atomic E-state index is 5.35. The van der Waals surface area contributed by atoms with E-state index in [9.17, 15) is 0 Å². The molecule has 4 N–H and O–H groups in total. The summed E-state index contributed by atoms with van der Waals surface area (Å²) < 4.78 is 0. The van der Waals surface area contributed by atoms with Gasteiger partial charge >= 0.3 is 0 Å². The monoisotopic (exact) mass is 298 g/mol. The van der Waals surface area contributed by atoms with Gasteiger partial charge in [0.15, 0.2) is 0 Å². The first-order chi connectivity index (χ1) is 10.7. The fourth-order valence-corrected chi connectivity index (χ4v) is 1.16. The highest BCUT2D eigenvalue weighted by atomic mass is 14.7. The Kier molecular flexibility index (Phi) is 12.2. The first-order valence-corrected chi connectivity index (χ1v) is 7.20. The number of nitrogens with zero attached hydrogens (tertiary/aromatic N) is 2. The Hall–Kier alpha value is -2.30. The third-order valence-electron chi connectivity index (χ3n) is 2.62. The SMILES string of the molecule is C=Cc1ccccn1.C=Cc1ccccn1.CCC(N)CN. The predicted molar refractivity (Wildman–Crippen MR) is 96.0 cm³/mol. The zero-order valence-electron chi connectivity index (χ0n) is 13.2. The molecule has 1 unspecified atom stereocenters. The van der Waals surface area contributed by atoms with Crippen LogP contribution in [0.1, 0.15) is 24.7 Å². The van der Waals surface area contributed by atoms with E-state index in [1.165, 1.54) is 0 Å². The van der Waals surface area contributed by atoms with Gasteiger partial charge in [0.25, 0.3) is 0 Å². The Bertz CT molecular complexity index is 450. The van der Waals surface area contributed by atoms with Crippen LogP contribution in [0.25, 0.3) is 12.2 Å². The van der Waals surface area contributed by atoms with E-state index in [2.05, 4.69) is 23.1 Å². The van der Waals surface area contributed by atoms with Crippen LogP contribution in [0.5, 0.6) is 0 Å². The highest BCUT2D eigenvalue weighted by Crippen LogP contribution is 1.92. The van der Waals surface area contributed by atoms with Crippen molar-refractivity contribution < 1.29 is 0 Å². The maximum atomic E-state index is 5.35. The minimum absolute atomic E-state index is 0.213. The van der Waals surface area contributed by atoms with Crippen molar-refractivity contribution in [1.29, 1.82) is 0 Å². The number of rotatable bonds is 4. The Morgan fingerprint density at radius 3 is 1.59 bits per heavy atom. The van der Waals surface area contributed by atoms with Crippen LogP contribution in [0.3, 0.4) is 0 Å². The van der Waals surface area contributed by atoms with Crippen molar-refractivity contribution in [3.8, 4) is 0 Å². The van der Waals surface area contributed by atoms with Gasteiger partial charge in [0, 0.05) is 25.0 Å². The second kappa shape index (κ2) is 13.7. The summed E-state index contributed by atoms with van der Waals surface area (Å²) in [5, 5.41) is 0. The Morgan fingerprint density at radius 2 is 1.45 bits per heavy atom. The van der Waals surface area contributed by atoms with Crippen molar-refractivity contribution in [1.82, 2.24) is 9.97 Å². The van der Waals surface area contributed by atoms with Gasteiger partial charge in [0.1, 0.15) is 0 Å². The molecule has 4 nitrogen and oxygen atoms in total. The molecule has 0 saturated heterocycles.